The molecule has 1 aromatic carbocycles. The van der Waals surface area contributed by atoms with E-state index in [1.165, 1.54) is 5.69 Å². The number of carbonyl (C=O) groups excluding carboxylic acids is 1. The Morgan fingerprint density at radius 1 is 1.13 bits per heavy atom. The molecule has 0 aromatic heterocycles. The molecule has 0 unspecified atom stereocenters. The quantitative estimate of drug-likeness (QED) is 0.797. The summed E-state index contributed by atoms with van der Waals surface area (Å²) >= 11 is 0. The van der Waals surface area contributed by atoms with Crippen molar-refractivity contribution in [3.63, 3.8) is 0 Å². The van der Waals surface area contributed by atoms with Crippen molar-refractivity contribution in [3.05, 3.63) is 30.3 Å². The summed E-state index contributed by atoms with van der Waals surface area (Å²) in [5.74, 6) is 0.216. The van der Waals surface area contributed by atoms with Crippen LogP contribution in [0, 0.1) is 5.92 Å². The largest absolute Gasteiger partial charge is 0.396 e. The normalized spacial score (nSPS) is 27.7. The number of carbonyl (C=O) groups is 1. The molecule has 1 aliphatic heterocycles. The van der Waals surface area contributed by atoms with E-state index >= 15 is 0 Å². The van der Waals surface area contributed by atoms with Gasteiger partial charge in [-0.15, -0.1) is 0 Å². The Morgan fingerprint density at radius 2 is 1.96 bits per heavy atom. The first-order valence-corrected chi connectivity index (χ1v) is 8.74. The highest BCUT2D eigenvalue weighted by atomic mass is 16.3. The molecule has 1 heterocycles. The molecule has 1 saturated heterocycles. The highest BCUT2D eigenvalue weighted by molar-refractivity contribution is 5.74. The summed E-state index contributed by atoms with van der Waals surface area (Å²) in [7, 11) is 0. The molecule has 1 aromatic rings. The average Bonchev–Trinajstić information content (AvgIpc) is 3.03. The number of nitrogens with zero attached hydrogens (tertiary/aromatic N) is 1. The number of benzene rings is 1. The number of piperidine rings is 1. The van der Waals surface area contributed by atoms with Crippen LogP contribution in [-0.4, -0.2) is 42.9 Å². The predicted octanol–water partition coefficient (Wildman–Crippen LogP) is 2.12. The van der Waals surface area contributed by atoms with Crippen molar-refractivity contribution in [1.29, 1.82) is 0 Å². The minimum Gasteiger partial charge on any atom is -0.396 e. The fraction of sp³-hybridized carbons (Fsp3) is 0.611. The number of anilines is 1. The van der Waals surface area contributed by atoms with Crippen LogP contribution < -0.4 is 15.5 Å². The molecule has 3 N–H and O–H groups in total. The number of hydrogen-bond acceptors (Lipinski definition) is 3. The molecule has 3 rings (SSSR count). The van der Waals surface area contributed by atoms with Crippen LogP contribution in [0.5, 0.6) is 0 Å². The fourth-order valence-corrected chi connectivity index (χ4v) is 3.81. The van der Waals surface area contributed by atoms with Crippen molar-refractivity contribution in [2.45, 2.75) is 44.2 Å². The molecule has 2 fully saturated rings. The van der Waals surface area contributed by atoms with Crippen LogP contribution in [0.25, 0.3) is 0 Å². The van der Waals surface area contributed by atoms with Crippen LogP contribution in [-0.2, 0) is 0 Å². The maximum Gasteiger partial charge on any atom is 0.315 e. The standard InChI is InChI=1S/C18H27N3O2/c22-13-14-6-4-10-17(14)20-18(23)19-15-7-5-11-21(12-15)16-8-2-1-3-9-16/h1-3,8-9,14-15,17,22H,4-7,10-13H2,(H2,19,20,23)/t14-,15+,17-/m0/s1. The summed E-state index contributed by atoms with van der Waals surface area (Å²) in [6.07, 6.45) is 5.17. The molecule has 23 heavy (non-hydrogen) atoms. The van der Waals surface area contributed by atoms with E-state index in [2.05, 4.69) is 27.7 Å². The number of rotatable bonds is 4. The zero-order valence-electron chi connectivity index (χ0n) is 13.6. The highest BCUT2D eigenvalue weighted by Gasteiger charge is 2.29. The third-order valence-corrected chi connectivity index (χ3v) is 5.09. The highest BCUT2D eigenvalue weighted by Crippen LogP contribution is 2.25. The topological polar surface area (TPSA) is 64.6 Å². The van der Waals surface area contributed by atoms with Gasteiger partial charge in [-0.25, -0.2) is 4.79 Å². The fourth-order valence-electron chi connectivity index (χ4n) is 3.81. The maximum atomic E-state index is 12.2. The summed E-state index contributed by atoms with van der Waals surface area (Å²) in [4.78, 5) is 14.6. The molecule has 1 aliphatic carbocycles. The van der Waals surface area contributed by atoms with Crippen LogP contribution in [0.2, 0.25) is 0 Å². The third kappa shape index (κ3) is 4.16. The van der Waals surface area contributed by atoms with Crippen molar-refractivity contribution >= 4 is 11.7 Å². The second kappa shape index (κ2) is 7.68. The van der Waals surface area contributed by atoms with E-state index in [1.807, 2.05) is 18.2 Å². The zero-order chi connectivity index (χ0) is 16.1. The van der Waals surface area contributed by atoms with E-state index in [9.17, 15) is 9.90 Å². The van der Waals surface area contributed by atoms with E-state index in [0.717, 1.165) is 45.2 Å². The molecular formula is C18H27N3O2. The zero-order valence-corrected chi connectivity index (χ0v) is 13.6. The Kier molecular flexibility index (Phi) is 5.39. The molecule has 5 nitrogen and oxygen atoms in total. The van der Waals surface area contributed by atoms with Gasteiger partial charge in [-0.1, -0.05) is 24.6 Å². The third-order valence-electron chi connectivity index (χ3n) is 5.09. The molecule has 2 amide bonds. The van der Waals surface area contributed by atoms with Gasteiger partial charge < -0.3 is 20.6 Å². The number of aliphatic hydroxyl groups excluding tert-OH is 1. The molecule has 1 saturated carbocycles. The summed E-state index contributed by atoms with van der Waals surface area (Å²) < 4.78 is 0. The minimum absolute atomic E-state index is 0.0877. The molecule has 0 bridgehead atoms. The van der Waals surface area contributed by atoms with Gasteiger partial charge in [0.05, 0.1) is 0 Å². The first-order chi connectivity index (χ1) is 11.3. The van der Waals surface area contributed by atoms with E-state index in [-0.39, 0.29) is 30.6 Å². The Labute approximate surface area is 138 Å². The summed E-state index contributed by atoms with van der Waals surface area (Å²) in [6, 6.07) is 10.6. The monoisotopic (exact) mass is 317 g/mol. The molecule has 0 spiro atoms. The maximum absolute atomic E-state index is 12.2. The SMILES string of the molecule is O=C(N[C@@H]1CCCN(c2ccccc2)C1)N[C@H]1CCC[C@H]1CO. The van der Waals surface area contributed by atoms with Crippen molar-refractivity contribution in [2.75, 3.05) is 24.6 Å². The first-order valence-electron chi connectivity index (χ1n) is 8.74. The Hall–Kier alpha value is -1.75. The average molecular weight is 317 g/mol. The van der Waals surface area contributed by atoms with Crippen LogP contribution >= 0.6 is 0 Å². The van der Waals surface area contributed by atoms with E-state index in [0.29, 0.717) is 0 Å². The van der Waals surface area contributed by atoms with Gasteiger partial charge in [-0.05, 0) is 37.8 Å². The number of nitrogens with one attached hydrogen (secondary N) is 2. The van der Waals surface area contributed by atoms with Gasteiger partial charge in [0, 0.05) is 43.4 Å². The van der Waals surface area contributed by atoms with Crippen LogP contribution in [0.4, 0.5) is 10.5 Å². The van der Waals surface area contributed by atoms with E-state index < -0.39 is 0 Å². The van der Waals surface area contributed by atoms with Gasteiger partial charge in [0.15, 0.2) is 0 Å². The number of aliphatic hydroxyl groups is 1. The van der Waals surface area contributed by atoms with Crippen molar-refractivity contribution in [3.8, 4) is 0 Å². The van der Waals surface area contributed by atoms with Crippen molar-refractivity contribution in [1.82, 2.24) is 10.6 Å². The number of para-hydroxylation sites is 1. The molecule has 2 aliphatic rings. The van der Waals surface area contributed by atoms with Crippen LogP contribution in [0.1, 0.15) is 32.1 Å². The van der Waals surface area contributed by atoms with Gasteiger partial charge in [-0.2, -0.15) is 0 Å². The van der Waals surface area contributed by atoms with Gasteiger partial charge in [0.2, 0.25) is 0 Å². The van der Waals surface area contributed by atoms with Gasteiger partial charge >= 0.3 is 6.03 Å². The summed E-state index contributed by atoms with van der Waals surface area (Å²) in [5, 5.41) is 15.5. The second-order valence-electron chi connectivity index (χ2n) is 6.72. The minimum atomic E-state index is -0.0877. The van der Waals surface area contributed by atoms with Crippen molar-refractivity contribution in [2.24, 2.45) is 5.92 Å². The predicted molar refractivity (Wildman–Crippen MR) is 91.6 cm³/mol. The molecular weight excluding hydrogens is 290 g/mol. The lowest BCUT2D eigenvalue weighted by Crippen LogP contribution is -2.53. The lowest BCUT2D eigenvalue weighted by molar-refractivity contribution is 0.197. The summed E-state index contributed by atoms with van der Waals surface area (Å²) in [6.45, 7) is 2.06. The Bertz CT molecular complexity index is 508. The number of hydrogen-bond donors (Lipinski definition) is 3. The summed E-state index contributed by atoms with van der Waals surface area (Å²) in [5.41, 5.74) is 1.22. The molecule has 0 radical (unpaired) electrons. The number of amides is 2. The Balaban J connectivity index is 1.50. The lowest BCUT2D eigenvalue weighted by atomic mass is 10.0. The van der Waals surface area contributed by atoms with E-state index in [1.54, 1.807) is 0 Å². The smallest absolute Gasteiger partial charge is 0.315 e. The number of urea groups is 1. The van der Waals surface area contributed by atoms with Gasteiger partial charge in [0.1, 0.15) is 0 Å². The van der Waals surface area contributed by atoms with Crippen molar-refractivity contribution < 1.29 is 9.90 Å². The first kappa shape index (κ1) is 16.1. The van der Waals surface area contributed by atoms with Crippen LogP contribution in [0.3, 0.4) is 0 Å². The van der Waals surface area contributed by atoms with Gasteiger partial charge in [-0.3, -0.25) is 0 Å². The Morgan fingerprint density at radius 3 is 2.74 bits per heavy atom. The van der Waals surface area contributed by atoms with Crippen LogP contribution in [0.15, 0.2) is 30.3 Å². The lowest BCUT2D eigenvalue weighted by Gasteiger charge is -2.35. The molecule has 5 heteroatoms. The second-order valence-corrected chi connectivity index (χ2v) is 6.72. The molecule has 3 atom stereocenters. The molecule has 126 valence electrons. The van der Waals surface area contributed by atoms with Gasteiger partial charge in [0.25, 0.3) is 0 Å². The van der Waals surface area contributed by atoms with E-state index in [4.69, 9.17) is 0 Å².